The predicted molar refractivity (Wildman–Crippen MR) is 135 cm³/mol. The number of carbonyl (C=O) groups excluding carboxylic acids is 1. The monoisotopic (exact) mass is 535 g/mol. The van der Waals surface area contributed by atoms with Crippen molar-refractivity contribution >= 4 is 37.5 Å². The van der Waals surface area contributed by atoms with Gasteiger partial charge in [0.1, 0.15) is 13.2 Å². The van der Waals surface area contributed by atoms with Crippen molar-refractivity contribution < 1.29 is 32.2 Å². The Kier molecular flexibility index (Phi) is 8.42. The third-order valence-corrected chi connectivity index (χ3v) is 8.64. The number of thiazole rings is 1. The number of aryl methyl sites for hydroxylation is 1. The van der Waals surface area contributed by atoms with Crippen molar-refractivity contribution in [3.8, 4) is 11.5 Å². The summed E-state index contributed by atoms with van der Waals surface area (Å²) in [4.78, 5) is 17.9. The first-order valence-corrected chi connectivity index (χ1v) is 13.7. The summed E-state index contributed by atoms with van der Waals surface area (Å²) in [7, 11) is -0.750. The third kappa shape index (κ3) is 5.47. The molecule has 0 N–H and O–H groups in total. The molecule has 0 unspecified atom stereocenters. The van der Waals surface area contributed by atoms with Gasteiger partial charge in [-0.25, -0.2) is 8.42 Å². The van der Waals surface area contributed by atoms with E-state index in [1.165, 1.54) is 54.1 Å². The molecule has 1 aliphatic rings. The molecule has 12 heteroatoms. The van der Waals surface area contributed by atoms with Crippen LogP contribution < -0.4 is 14.3 Å². The lowest BCUT2D eigenvalue weighted by molar-refractivity contribution is 0.0997. The zero-order valence-electron chi connectivity index (χ0n) is 20.4. The van der Waals surface area contributed by atoms with Crippen molar-refractivity contribution in [2.45, 2.75) is 18.4 Å². The molecule has 2 heterocycles. The molecule has 1 aromatic heterocycles. The minimum Gasteiger partial charge on any atom is -0.486 e. The number of aromatic nitrogens is 1. The Hall–Kier alpha value is -2.77. The van der Waals surface area contributed by atoms with Gasteiger partial charge in [0.15, 0.2) is 16.3 Å². The highest BCUT2D eigenvalue weighted by Crippen LogP contribution is 2.35. The van der Waals surface area contributed by atoms with E-state index in [-0.39, 0.29) is 31.2 Å². The van der Waals surface area contributed by atoms with Gasteiger partial charge in [0.05, 0.1) is 28.3 Å². The third-order valence-electron chi connectivity index (χ3n) is 5.69. The Morgan fingerprint density at radius 3 is 2.25 bits per heavy atom. The number of nitrogens with zero attached hydrogens (tertiary/aromatic N) is 3. The van der Waals surface area contributed by atoms with Crippen LogP contribution in [-0.4, -0.2) is 76.9 Å². The van der Waals surface area contributed by atoms with E-state index in [0.717, 1.165) is 10.2 Å². The molecule has 0 spiro atoms. The number of fused-ring (bicyclic) bond motifs is 2. The lowest BCUT2D eigenvalue weighted by atomic mass is 10.2. The highest BCUT2D eigenvalue weighted by atomic mass is 32.2. The lowest BCUT2D eigenvalue weighted by Crippen LogP contribution is -2.36. The zero-order chi connectivity index (χ0) is 25.7. The minimum atomic E-state index is -3.78. The second-order valence-corrected chi connectivity index (χ2v) is 10.9. The minimum absolute atomic E-state index is 0.0855. The number of hydrogen-bond donors (Lipinski definition) is 0. The number of sulfonamides is 1. The van der Waals surface area contributed by atoms with E-state index in [2.05, 4.69) is 4.99 Å². The SMILES string of the molecule is CCn1c(=NC(=O)c2ccc(S(=O)(=O)N(CCOC)CCOC)cc2)sc2cc3c(cc21)OCCO3. The number of methoxy groups -OCH3 is 2. The highest BCUT2D eigenvalue weighted by Gasteiger charge is 2.24. The quantitative estimate of drug-likeness (QED) is 0.393. The Morgan fingerprint density at radius 1 is 1.06 bits per heavy atom. The van der Waals surface area contributed by atoms with Crippen LogP contribution in [0.3, 0.4) is 0 Å². The lowest BCUT2D eigenvalue weighted by Gasteiger charge is -2.21. The Bertz CT molecular complexity index is 1390. The fraction of sp³-hybridized carbons (Fsp3) is 0.417. The summed E-state index contributed by atoms with van der Waals surface area (Å²) in [5.74, 6) is 0.895. The van der Waals surface area contributed by atoms with Crippen LogP contribution in [0.15, 0.2) is 46.3 Å². The van der Waals surface area contributed by atoms with E-state index in [4.69, 9.17) is 18.9 Å². The molecule has 0 saturated heterocycles. The van der Waals surface area contributed by atoms with Gasteiger partial charge in [-0.2, -0.15) is 9.30 Å². The standard InChI is InChI=1S/C24H29N3O7S2/c1-4-27-19-15-20-21(34-14-13-33-20)16-22(19)35-24(27)25-23(28)17-5-7-18(8-6-17)36(29,30)26(9-11-31-2)10-12-32-3/h5-8,15-16H,4,9-14H2,1-3H3. The van der Waals surface area contributed by atoms with E-state index >= 15 is 0 Å². The van der Waals surface area contributed by atoms with Gasteiger partial charge in [0.25, 0.3) is 5.91 Å². The van der Waals surface area contributed by atoms with Gasteiger partial charge < -0.3 is 23.5 Å². The van der Waals surface area contributed by atoms with Crippen LogP contribution >= 0.6 is 11.3 Å². The van der Waals surface area contributed by atoms with E-state index in [1.54, 1.807) is 0 Å². The van der Waals surface area contributed by atoms with Crippen LogP contribution in [0.5, 0.6) is 11.5 Å². The molecule has 0 fully saturated rings. The van der Waals surface area contributed by atoms with Crippen molar-refractivity contribution in [1.82, 2.24) is 8.87 Å². The normalized spacial score (nSPS) is 14.1. The number of amides is 1. The maximum atomic E-state index is 13.1. The van der Waals surface area contributed by atoms with Crippen LogP contribution in [0.25, 0.3) is 10.2 Å². The molecule has 2 aromatic carbocycles. The largest absolute Gasteiger partial charge is 0.486 e. The summed E-state index contributed by atoms with van der Waals surface area (Å²) in [6.45, 7) is 4.48. The van der Waals surface area contributed by atoms with Gasteiger partial charge in [-0.1, -0.05) is 11.3 Å². The molecule has 1 aliphatic heterocycles. The van der Waals surface area contributed by atoms with Crippen molar-refractivity contribution in [3.63, 3.8) is 0 Å². The molecule has 10 nitrogen and oxygen atoms in total. The molecule has 36 heavy (non-hydrogen) atoms. The van der Waals surface area contributed by atoms with Gasteiger partial charge in [-0.05, 0) is 31.2 Å². The molecule has 0 radical (unpaired) electrons. The number of ether oxygens (including phenoxy) is 4. The molecule has 0 saturated carbocycles. The number of benzene rings is 2. The van der Waals surface area contributed by atoms with Gasteiger partial charge in [0, 0.05) is 51.6 Å². The summed E-state index contributed by atoms with van der Waals surface area (Å²) in [6.07, 6.45) is 0. The van der Waals surface area contributed by atoms with E-state index in [9.17, 15) is 13.2 Å². The van der Waals surface area contributed by atoms with Crippen LogP contribution in [0.1, 0.15) is 17.3 Å². The summed E-state index contributed by atoms with van der Waals surface area (Å²) < 4.78 is 51.8. The topological polar surface area (TPSA) is 109 Å². The maximum Gasteiger partial charge on any atom is 0.279 e. The summed E-state index contributed by atoms with van der Waals surface area (Å²) in [5.41, 5.74) is 1.20. The van der Waals surface area contributed by atoms with Crippen molar-refractivity contribution in [2.75, 3.05) is 53.7 Å². The molecule has 194 valence electrons. The molecule has 0 atom stereocenters. The first-order valence-electron chi connectivity index (χ1n) is 11.5. The van der Waals surface area contributed by atoms with Crippen LogP contribution in [-0.2, 0) is 26.0 Å². The molecule has 4 rings (SSSR count). The molecule has 3 aromatic rings. The fourth-order valence-corrected chi connectivity index (χ4v) is 6.32. The van der Waals surface area contributed by atoms with Gasteiger partial charge in [-0.15, -0.1) is 0 Å². The van der Waals surface area contributed by atoms with Gasteiger partial charge >= 0.3 is 0 Å². The molecule has 0 aliphatic carbocycles. The second kappa shape index (κ2) is 11.5. The first-order chi connectivity index (χ1) is 17.4. The second-order valence-electron chi connectivity index (χ2n) is 7.92. The summed E-state index contributed by atoms with van der Waals surface area (Å²) >= 11 is 1.38. The van der Waals surface area contributed by atoms with Crippen LogP contribution in [0.2, 0.25) is 0 Å². The highest BCUT2D eigenvalue weighted by molar-refractivity contribution is 7.89. The summed E-state index contributed by atoms with van der Waals surface area (Å²) in [6, 6.07) is 9.62. The number of carbonyl (C=O) groups is 1. The van der Waals surface area contributed by atoms with E-state index < -0.39 is 15.9 Å². The Morgan fingerprint density at radius 2 is 1.67 bits per heavy atom. The van der Waals surface area contributed by atoms with Gasteiger partial charge in [-0.3, -0.25) is 4.79 Å². The molecule has 0 bridgehead atoms. The Labute approximate surface area is 213 Å². The van der Waals surface area contributed by atoms with E-state index in [1.807, 2.05) is 23.6 Å². The average molecular weight is 536 g/mol. The molecular formula is C24H29N3O7S2. The Balaban J connectivity index is 1.62. The van der Waals surface area contributed by atoms with E-state index in [0.29, 0.717) is 41.6 Å². The first kappa shape index (κ1) is 26.3. The predicted octanol–water partition coefficient (Wildman–Crippen LogP) is 2.52. The van der Waals surface area contributed by atoms with Crippen molar-refractivity contribution in [2.24, 2.45) is 4.99 Å². The molecular weight excluding hydrogens is 506 g/mol. The summed E-state index contributed by atoms with van der Waals surface area (Å²) in [5, 5.41) is 0. The fourth-order valence-electron chi connectivity index (χ4n) is 3.81. The van der Waals surface area contributed by atoms with Crippen molar-refractivity contribution in [3.05, 3.63) is 46.8 Å². The number of hydrogen-bond acceptors (Lipinski definition) is 8. The van der Waals surface area contributed by atoms with Gasteiger partial charge in [0.2, 0.25) is 10.0 Å². The average Bonchev–Trinajstić information content (AvgIpc) is 3.22. The zero-order valence-corrected chi connectivity index (χ0v) is 22.1. The maximum absolute atomic E-state index is 13.1. The number of rotatable bonds is 10. The van der Waals surface area contributed by atoms with Crippen LogP contribution in [0.4, 0.5) is 0 Å². The molecule has 1 amide bonds. The van der Waals surface area contributed by atoms with Crippen molar-refractivity contribution in [1.29, 1.82) is 0 Å². The smallest absolute Gasteiger partial charge is 0.279 e. The van der Waals surface area contributed by atoms with Crippen LogP contribution in [0, 0.1) is 0 Å².